The van der Waals surface area contributed by atoms with E-state index in [-0.39, 0.29) is 0 Å². The molecule has 0 N–H and O–H groups in total. The number of unbranched alkanes of at least 4 members (excludes halogenated alkanes) is 2. The first kappa shape index (κ1) is 20.3. The lowest BCUT2D eigenvalue weighted by Crippen LogP contribution is -1.93. The Morgan fingerprint density at radius 1 is 0.857 bits per heavy atom. The lowest BCUT2D eigenvalue weighted by molar-refractivity contribution is 0.362. The van der Waals surface area contributed by atoms with Crippen molar-refractivity contribution in [1.29, 1.82) is 0 Å². The van der Waals surface area contributed by atoms with Gasteiger partial charge in [-0.1, -0.05) is 81.7 Å². The zero-order chi connectivity index (χ0) is 19.6. The normalized spacial score (nSPS) is 11.2. The Morgan fingerprint density at radius 3 is 2.21 bits per heavy atom. The number of aromatic nitrogens is 1. The van der Waals surface area contributed by atoms with E-state index in [1.807, 2.05) is 18.3 Å². The molecule has 0 fully saturated rings. The van der Waals surface area contributed by atoms with Crippen LogP contribution in [0.5, 0.6) is 5.75 Å². The van der Waals surface area contributed by atoms with Gasteiger partial charge in [0.25, 0.3) is 0 Å². The van der Waals surface area contributed by atoms with E-state index < -0.39 is 0 Å². The molecule has 0 aliphatic rings. The molecule has 0 radical (unpaired) electrons. The van der Waals surface area contributed by atoms with Crippen LogP contribution in [0.2, 0.25) is 0 Å². The Labute approximate surface area is 172 Å². The van der Waals surface area contributed by atoms with Gasteiger partial charge in [0, 0.05) is 16.6 Å². The highest BCUT2D eigenvalue weighted by atomic mass is 32.1. The van der Waals surface area contributed by atoms with E-state index >= 15 is 0 Å². The molecule has 3 heteroatoms. The van der Waals surface area contributed by atoms with Crippen molar-refractivity contribution < 1.29 is 4.74 Å². The molecular weight excluding hydrogens is 362 g/mol. The summed E-state index contributed by atoms with van der Waals surface area (Å²) in [6.45, 7) is 5.04. The van der Waals surface area contributed by atoms with Gasteiger partial charge in [0.15, 0.2) is 0 Å². The van der Waals surface area contributed by atoms with Gasteiger partial charge in [0.05, 0.1) is 0 Å². The van der Waals surface area contributed by atoms with Crippen molar-refractivity contribution in [1.82, 2.24) is 4.98 Å². The summed E-state index contributed by atoms with van der Waals surface area (Å²) in [6, 6.07) is 17.0. The SMILES string of the molecule is CCCC/C=C/COc1ccc(-c2ccc(-c3ncc(CCC)s3)cc2)cc1. The van der Waals surface area contributed by atoms with E-state index in [2.05, 4.69) is 67.4 Å². The lowest BCUT2D eigenvalue weighted by atomic mass is 10.0. The van der Waals surface area contributed by atoms with Crippen LogP contribution in [0.15, 0.2) is 66.9 Å². The highest BCUT2D eigenvalue weighted by Gasteiger charge is 2.05. The van der Waals surface area contributed by atoms with Gasteiger partial charge >= 0.3 is 0 Å². The van der Waals surface area contributed by atoms with Gasteiger partial charge < -0.3 is 4.74 Å². The molecule has 1 heterocycles. The van der Waals surface area contributed by atoms with Crippen LogP contribution in [-0.4, -0.2) is 11.6 Å². The van der Waals surface area contributed by atoms with Crippen molar-refractivity contribution in [2.75, 3.05) is 6.61 Å². The summed E-state index contributed by atoms with van der Waals surface area (Å²) in [5, 5.41) is 1.10. The van der Waals surface area contributed by atoms with E-state index in [1.54, 1.807) is 11.3 Å². The van der Waals surface area contributed by atoms with Crippen molar-refractivity contribution in [3.8, 4) is 27.4 Å². The molecule has 0 aliphatic heterocycles. The van der Waals surface area contributed by atoms with Crippen LogP contribution in [0, 0.1) is 0 Å². The van der Waals surface area contributed by atoms with Crippen LogP contribution in [0.1, 0.15) is 44.4 Å². The lowest BCUT2D eigenvalue weighted by Gasteiger charge is -2.06. The third-order valence-corrected chi connectivity index (χ3v) is 5.71. The van der Waals surface area contributed by atoms with Crippen molar-refractivity contribution in [2.24, 2.45) is 0 Å². The summed E-state index contributed by atoms with van der Waals surface area (Å²) in [4.78, 5) is 5.93. The molecule has 0 amide bonds. The molecule has 0 saturated carbocycles. The fourth-order valence-electron chi connectivity index (χ4n) is 3.00. The van der Waals surface area contributed by atoms with Gasteiger partial charge in [-0.05, 0) is 36.1 Å². The second-order valence-corrected chi connectivity index (χ2v) is 8.02. The summed E-state index contributed by atoms with van der Waals surface area (Å²) < 4.78 is 5.78. The molecule has 1 aromatic heterocycles. The topological polar surface area (TPSA) is 22.1 Å². The van der Waals surface area contributed by atoms with Crippen LogP contribution in [0.4, 0.5) is 0 Å². The fourth-order valence-corrected chi connectivity index (χ4v) is 4.02. The van der Waals surface area contributed by atoms with Gasteiger partial charge in [-0.3, -0.25) is 0 Å². The number of ether oxygens (including phenoxy) is 1. The predicted octanol–water partition coefficient (Wildman–Crippen LogP) is 7.55. The molecule has 0 atom stereocenters. The number of thiazole rings is 1. The first-order valence-corrected chi connectivity index (χ1v) is 11.0. The molecule has 0 unspecified atom stereocenters. The quantitative estimate of drug-likeness (QED) is 0.263. The van der Waals surface area contributed by atoms with Crippen LogP contribution in [-0.2, 0) is 6.42 Å². The number of hydrogen-bond acceptors (Lipinski definition) is 3. The number of aryl methyl sites for hydroxylation is 1. The van der Waals surface area contributed by atoms with E-state index in [9.17, 15) is 0 Å². The minimum absolute atomic E-state index is 0.631. The smallest absolute Gasteiger partial charge is 0.123 e. The minimum Gasteiger partial charge on any atom is -0.490 e. The molecule has 28 heavy (non-hydrogen) atoms. The molecule has 0 spiro atoms. The van der Waals surface area contributed by atoms with Crippen LogP contribution < -0.4 is 4.74 Å². The first-order valence-electron chi connectivity index (χ1n) is 10.2. The molecule has 2 nitrogen and oxygen atoms in total. The van der Waals surface area contributed by atoms with E-state index in [1.165, 1.54) is 34.4 Å². The monoisotopic (exact) mass is 391 g/mol. The van der Waals surface area contributed by atoms with Crippen molar-refractivity contribution >= 4 is 11.3 Å². The minimum atomic E-state index is 0.631. The predicted molar refractivity (Wildman–Crippen MR) is 121 cm³/mol. The zero-order valence-corrected chi connectivity index (χ0v) is 17.7. The highest BCUT2D eigenvalue weighted by Crippen LogP contribution is 2.29. The Bertz CT molecular complexity index is 862. The molecule has 0 bridgehead atoms. The Hall–Kier alpha value is -2.39. The number of rotatable bonds is 10. The average molecular weight is 392 g/mol. The Kier molecular flexibility index (Phi) is 7.86. The second kappa shape index (κ2) is 10.8. The molecule has 2 aromatic carbocycles. The third-order valence-electron chi connectivity index (χ3n) is 4.61. The van der Waals surface area contributed by atoms with Crippen molar-refractivity contribution in [2.45, 2.75) is 46.0 Å². The van der Waals surface area contributed by atoms with Crippen LogP contribution >= 0.6 is 11.3 Å². The molecule has 146 valence electrons. The third kappa shape index (κ3) is 5.80. The molecule has 0 aliphatic carbocycles. The zero-order valence-electron chi connectivity index (χ0n) is 16.9. The Balaban J connectivity index is 1.58. The van der Waals surface area contributed by atoms with Gasteiger partial charge in [-0.25, -0.2) is 4.98 Å². The fraction of sp³-hybridized carbons (Fsp3) is 0.320. The van der Waals surface area contributed by atoms with Crippen molar-refractivity contribution in [3.63, 3.8) is 0 Å². The molecule has 0 saturated heterocycles. The second-order valence-electron chi connectivity index (χ2n) is 6.91. The number of benzene rings is 2. The molecule has 3 rings (SSSR count). The van der Waals surface area contributed by atoms with Gasteiger partial charge in [-0.15, -0.1) is 11.3 Å². The molecule has 3 aromatic rings. The summed E-state index contributed by atoms with van der Waals surface area (Å²) in [5.74, 6) is 0.909. The maximum atomic E-state index is 5.78. The van der Waals surface area contributed by atoms with Crippen molar-refractivity contribution in [3.05, 3.63) is 71.8 Å². The van der Waals surface area contributed by atoms with Crippen LogP contribution in [0.3, 0.4) is 0 Å². The number of hydrogen-bond donors (Lipinski definition) is 0. The maximum absolute atomic E-state index is 5.78. The standard InChI is InChI=1S/C25H29NOS/c1-3-5-6-7-8-18-27-23-16-14-21(15-17-23)20-10-12-22(13-11-20)25-26-19-24(28-25)9-4-2/h7-8,10-17,19H,3-6,9,18H2,1-2H3/b8-7+. The summed E-state index contributed by atoms with van der Waals surface area (Å²) in [7, 11) is 0. The van der Waals surface area contributed by atoms with E-state index in [4.69, 9.17) is 4.74 Å². The largest absolute Gasteiger partial charge is 0.490 e. The summed E-state index contributed by atoms with van der Waals surface area (Å²) in [6.07, 6.45) is 12.2. The van der Waals surface area contributed by atoms with E-state index in [0.29, 0.717) is 6.61 Å². The molecular formula is C25H29NOS. The summed E-state index contributed by atoms with van der Waals surface area (Å²) in [5.41, 5.74) is 3.59. The number of nitrogens with zero attached hydrogens (tertiary/aromatic N) is 1. The average Bonchev–Trinajstić information content (AvgIpc) is 3.20. The first-order chi connectivity index (χ1) is 13.8. The van der Waals surface area contributed by atoms with Gasteiger partial charge in [0.1, 0.15) is 17.4 Å². The number of allylic oxidation sites excluding steroid dienone is 1. The van der Waals surface area contributed by atoms with Crippen LogP contribution in [0.25, 0.3) is 21.7 Å². The van der Waals surface area contributed by atoms with E-state index in [0.717, 1.165) is 30.0 Å². The maximum Gasteiger partial charge on any atom is 0.123 e. The van der Waals surface area contributed by atoms with Gasteiger partial charge in [-0.2, -0.15) is 0 Å². The van der Waals surface area contributed by atoms with Gasteiger partial charge in [0.2, 0.25) is 0 Å². The Morgan fingerprint density at radius 2 is 1.54 bits per heavy atom. The summed E-state index contributed by atoms with van der Waals surface area (Å²) >= 11 is 1.79. The highest BCUT2D eigenvalue weighted by molar-refractivity contribution is 7.15.